The maximum atomic E-state index is 5.95. The zero-order chi connectivity index (χ0) is 12.0. The molecule has 0 aromatic heterocycles. The van der Waals surface area contributed by atoms with Crippen molar-refractivity contribution in [1.29, 1.82) is 0 Å². The van der Waals surface area contributed by atoms with Crippen LogP contribution in [-0.4, -0.2) is 54.6 Å². The first-order valence-corrected chi connectivity index (χ1v) is 6.89. The molecule has 96 valence electrons. The van der Waals surface area contributed by atoms with Crippen molar-refractivity contribution >= 4 is 0 Å². The van der Waals surface area contributed by atoms with Gasteiger partial charge >= 0.3 is 0 Å². The van der Waals surface area contributed by atoms with E-state index in [0.29, 0.717) is 6.04 Å². The van der Waals surface area contributed by atoms with E-state index in [4.69, 9.17) is 5.73 Å². The summed E-state index contributed by atoms with van der Waals surface area (Å²) in [6, 6.07) is 1.15. The van der Waals surface area contributed by atoms with E-state index < -0.39 is 0 Å². The zero-order valence-corrected chi connectivity index (χ0v) is 11.3. The molecule has 1 heterocycles. The van der Waals surface area contributed by atoms with Crippen LogP contribution in [0.1, 0.15) is 40.0 Å². The SMILES string of the molecule is CCC(N)CCN1CCN(C(C)CC)CC1. The average molecular weight is 227 g/mol. The highest BCUT2D eigenvalue weighted by Gasteiger charge is 2.19. The van der Waals surface area contributed by atoms with Crippen molar-refractivity contribution in [2.45, 2.75) is 52.1 Å². The third-order valence-corrected chi connectivity index (χ3v) is 3.96. The van der Waals surface area contributed by atoms with Crippen LogP contribution in [0.4, 0.5) is 0 Å². The van der Waals surface area contributed by atoms with Crippen molar-refractivity contribution in [2.24, 2.45) is 5.73 Å². The Morgan fingerprint density at radius 2 is 1.69 bits per heavy atom. The molecule has 2 atom stereocenters. The van der Waals surface area contributed by atoms with Gasteiger partial charge in [-0.05, 0) is 32.7 Å². The van der Waals surface area contributed by atoms with Gasteiger partial charge in [0.2, 0.25) is 0 Å². The molecule has 0 radical (unpaired) electrons. The second-order valence-corrected chi connectivity index (χ2v) is 5.09. The monoisotopic (exact) mass is 227 g/mol. The molecule has 1 aliphatic heterocycles. The molecule has 1 aliphatic rings. The quantitative estimate of drug-likeness (QED) is 0.747. The summed E-state index contributed by atoms with van der Waals surface area (Å²) in [6.07, 6.45) is 3.52. The van der Waals surface area contributed by atoms with Crippen LogP contribution in [0.5, 0.6) is 0 Å². The maximum Gasteiger partial charge on any atom is 0.0113 e. The third kappa shape index (κ3) is 4.40. The summed E-state index contributed by atoms with van der Waals surface area (Å²) in [5, 5.41) is 0. The molecule has 1 rings (SSSR count). The first kappa shape index (κ1) is 13.9. The van der Waals surface area contributed by atoms with Gasteiger partial charge in [-0.2, -0.15) is 0 Å². The predicted octanol–water partition coefficient (Wildman–Crippen LogP) is 1.53. The van der Waals surface area contributed by atoms with Crippen LogP contribution in [0.15, 0.2) is 0 Å². The van der Waals surface area contributed by atoms with Gasteiger partial charge in [-0.3, -0.25) is 4.90 Å². The van der Waals surface area contributed by atoms with E-state index in [9.17, 15) is 0 Å². The van der Waals surface area contributed by atoms with Crippen LogP contribution in [0, 0.1) is 0 Å². The van der Waals surface area contributed by atoms with E-state index in [1.807, 2.05) is 0 Å². The Morgan fingerprint density at radius 1 is 1.06 bits per heavy atom. The Bertz CT molecular complexity index is 176. The summed E-state index contributed by atoms with van der Waals surface area (Å²) in [5.41, 5.74) is 5.95. The van der Waals surface area contributed by atoms with Crippen molar-refractivity contribution in [1.82, 2.24) is 9.80 Å². The minimum absolute atomic E-state index is 0.396. The van der Waals surface area contributed by atoms with E-state index in [0.717, 1.165) is 18.9 Å². The number of nitrogens with zero attached hydrogens (tertiary/aromatic N) is 2. The van der Waals surface area contributed by atoms with Crippen molar-refractivity contribution in [3.05, 3.63) is 0 Å². The minimum Gasteiger partial charge on any atom is -0.328 e. The van der Waals surface area contributed by atoms with Crippen LogP contribution in [0.2, 0.25) is 0 Å². The molecule has 1 saturated heterocycles. The number of hydrogen-bond donors (Lipinski definition) is 1. The molecular weight excluding hydrogens is 198 g/mol. The highest BCUT2D eigenvalue weighted by Crippen LogP contribution is 2.09. The van der Waals surface area contributed by atoms with Crippen molar-refractivity contribution in [3.63, 3.8) is 0 Å². The van der Waals surface area contributed by atoms with E-state index in [1.54, 1.807) is 0 Å². The van der Waals surface area contributed by atoms with Gasteiger partial charge in [-0.1, -0.05) is 13.8 Å². The molecule has 0 aromatic rings. The molecule has 2 unspecified atom stereocenters. The van der Waals surface area contributed by atoms with E-state index in [-0.39, 0.29) is 0 Å². The predicted molar refractivity (Wildman–Crippen MR) is 70.6 cm³/mol. The molecule has 0 bridgehead atoms. The lowest BCUT2D eigenvalue weighted by Crippen LogP contribution is -2.50. The minimum atomic E-state index is 0.396. The summed E-state index contributed by atoms with van der Waals surface area (Å²) in [6.45, 7) is 12.9. The normalized spacial score (nSPS) is 23.2. The first-order chi connectivity index (χ1) is 7.67. The lowest BCUT2D eigenvalue weighted by molar-refractivity contribution is 0.0986. The molecule has 16 heavy (non-hydrogen) atoms. The van der Waals surface area contributed by atoms with E-state index in [1.165, 1.54) is 39.1 Å². The van der Waals surface area contributed by atoms with Gasteiger partial charge in [0, 0.05) is 38.3 Å². The topological polar surface area (TPSA) is 32.5 Å². The summed E-state index contributed by atoms with van der Waals surface area (Å²) in [5.74, 6) is 0. The molecule has 2 N–H and O–H groups in total. The Hall–Kier alpha value is -0.120. The first-order valence-electron chi connectivity index (χ1n) is 6.89. The van der Waals surface area contributed by atoms with Gasteiger partial charge < -0.3 is 10.6 Å². The van der Waals surface area contributed by atoms with Crippen molar-refractivity contribution in [3.8, 4) is 0 Å². The summed E-state index contributed by atoms with van der Waals surface area (Å²) in [4.78, 5) is 5.17. The zero-order valence-electron chi connectivity index (χ0n) is 11.3. The Morgan fingerprint density at radius 3 is 2.19 bits per heavy atom. The average Bonchev–Trinajstić information content (AvgIpc) is 2.35. The fourth-order valence-corrected chi connectivity index (χ4v) is 2.24. The van der Waals surface area contributed by atoms with Crippen LogP contribution in [0.25, 0.3) is 0 Å². The second-order valence-electron chi connectivity index (χ2n) is 5.09. The van der Waals surface area contributed by atoms with E-state index >= 15 is 0 Å². The Kier molecular flexibility index (Phi) is 6.32. The fraction of sp³-hybridized carbons (Fsp3) is 1.00. The molecule has 0 spiro atoms. The smallest absolute Gasteiger partial charge is 0.0113 e. The van der Waals surface area contributed by atoms with Crippen LogP contribution < -0.4 is 5.73 Å². The lowest BCUT2D eigenvalue weighted by atomic mass is 10.1. The van der Waals surface area contributed by atoms with Gasteiger partial charge in [-0.15, -0.1) is 0 Å². The van der Waals surface area contributed by atoms with Crippen LogP contribution in [-0.2, 0) is 0 Å². The summed E-state index contributed by atoms with van der Waals surface area (Å²) >= 11 is 0. The second kappa shape index (κ2) is 7.25. The number of rotatable bonds is 6. The molecule has 3 nitrogen and oxygen atoms in total. The highest BCUT2D eigenvalue weighted by atomic mass is 15.3. The molecule has 0 saturated carbocycles. The largest absolute Gasteiger partial charge is 0.328 e. The molecule has 0 amide bonds. The van der Waals surface area contributed by atoms with E-state index in [2.05, 4.69) is 30.6 Å². The van der Waals surface area contributed by atoms with Crippen molar-refractivity contribution in [2.75, 3.05) is 32.7 Å². The number of piperazine rings is 1. The lowest BCUT2D eigenvalue weighted by Gasteiger charge is -2.38. The third-order valence-electron chi connectivity index (χ3n) is 3.96. The molecule has 1 fully saturated rings. The van der Waals surface area contributed by atoms with Gasteiger partial charge in [0.05, 0.1) is 0 Å². The van der Waals surface area contributed by atoms with Gasteiger partial charge in [0.1, 0.15) is 0 Å². The molecule has 0 aromatic carbocycles. The molecule has 0 aliphatic carbocycles. The van der Waals surface area contributed by atoms with Crippen LogP contribution >= 0.6 is 0 Å². The number of hydrogen-bond acceptors (Lipinski definition) is 3. The number of nitrogens with two attached hydrogens (primary N) is 1. The van der Waals surface area contributed by atoms with Gasteiger partial charge in [0.25, 0.3) is 0 Å². The maximum absolute atomic E-state index is 5.95. The summed E-state index contributed by atoms with van der Waals surface area (Å²) in [7, 11) is 0. The highest BCUT2D eigenvalue weighted by molar-refractivity contribution is 4.76. The Labute approximate surface area is 101 Å². The fourth-order valence-electron chi connectivity index (χ4n) is 2.24. The standard InChI is InChI=1S/C13H29N3/c1-4-12(3)16-10-8-15(9-11-16)7-6-13(14)5-2/h12-13H,4-11,14H2,1-3H3. The summed E-state index contributed by atoms with van der Waals surface area (Å²) < 4.78 is 0. The van der Waals surface area contributed by atoms with Gasteiger partial charge in [0.15, 0.2) is 0 Å². The van der Waals surface area contributed by atoms with Crippen molar-refractivity contribution < 1.29 is 0 Å². The van der Waals surface area contributed by atoms with Crippen LogP contribution in [0.3, 0.4) is 0 Å². The molecule has 3 heteroatoms. The van der Waals surface area contributed by atoms with Gasteiger partial charge in [-0.25, -0.2) is 0 Å². The Balaban J connectivity index is 2.17. The molecular formula is C13H29N3.